The van der Waals surface area contributed by atoms with Gasteiger partial charge >= 0.3 is 5.97 Å². The van der Waals surface area contributed by atoms with Gasteiger partial charge < -0.3 is 30.5 Å². The smallest absolute Gasteiger partial charge is 0.326 e. The van der Waals surface area contributed by atoms with Gasteiger partial charge in [-0.1, -0.05) is 6.42 Å². The number of nitrogens with zero attached hydrogens (tertiary/aromatic N) is 3. The fourth-order valence-corrected chi connectivity index (χ4v) is 5.30. The van der Waals surface area contributed by atoms with Crippen LogP contribution >= 0.6 is 0 Å². The number of imidazole rings is 1. The standard InChI is InChI=1S/C23H34N6O5/c30-20(18-7-2-4-10-28(18)21(31)16-6-1-3-9-25-16)27-17(12-15-13-24-14-26-15)22(32)29-11-5-8-19(29)23(33)34/h13-14,16-19,25H,1-12H2,(H,24,26)(H,27,30)(H,33,34)/t16-,17+,18+,19+/m1/s1. The lowest BCUT2D eigenvalue weighted by Gasteiger charge is -2.38. The minimum Gasteiger partial charge on any atom is -0.480 e. The van der Waals surface area contributed by atoms with Crippen LogP contribution in [0.2, 0.25) is 0 Å². The molecule has 4 rings (SSSR count). The number of likely N-dealkylation sites (tertiary alicyclic amines) is 2. The largest absolute Gasteiger partial charge is 0.480 e. The molecule has 0 saturated carbocycles. The quantitative estimate of drug-likeness (QED) is 0.436. The molecule has 11 nitrogen and oxygen atoms in total. The van der Waals surface area contributed by atoms with Crippen molar-refractivity contribution in [2.24, 2.45) is 0 Å². The molecular weight excluding hydrogens is 440 g/mol. The molecule has 1 aromatic rings. The Bertz CT molecular complexity index is 884. The maximum Gasteiger partial charge on any atom is 0.326 e. The molecule has 11 heteroatoms. The third-order valence-corrected chi connectivity index (χ3v) is 7.11. The van der Waals surface area contributed by atoms with E-state index in [1.165, 1.54) is 11.2 Å². The highest BCUT2D eigenvalue weighted by atomic mass is 16.4. The van der Waals surface area contributed by atoms with Crippen LogP contribution in [0.1, 0.15) is 57.1 Å². The number of carbonyl (C=O) groups is 4. The van der Waals surface area contributed by atoms with Gasteiger partial charge in [0.2, 0.25) is 17.7 Å². The number of nitrogens with one attached hydrogen (secondary N) is 3. The Morgan fingerprint density at radius 1 is 1.03 bits per heavy atom. The first-order valence-electron chi connectivity index (χ1n) is 12.3. The lowest BCUT2D eigenvalue weighted by Crippen LogP contribution is -2.60. The summed E-state index contributed by atoms with van der Waals surface area (Å²) in [6.07, 6.45) is 9.22. The molecule has 1 aromatic heterocycles. The number of H-pyrrole nitrogens is 1. The fourth-order valence-electron chi connectivity index (χ4n) is 5.30. The van der Waals surface area contributed by atoms with Gasteiger partial charge in [0.1, 0.15) is 18.1 Å². The Morgan fingerprint density at radius 2 is 1.79 bits per heavy atom. The van der Waals surface area contributed by atoms with Crippen LogP contribution in [0.5, 0.6) is 0 Å². The molecule has 0 bridgehead atoms. The van der Waals surface area contributed by atoms with E-state index in [0.717, 1.165) is 38.6 Å². The maximum absolute atomic E-state index is 13.4. The highest BCUT2D eigenvalue weighted by molar-refractivity contribution is 5.94. The number of carboxylic acids is 1. The number of carbonyl (C=O) groups excluding carboxylic acids is 3. The summed E-state index contributed by atoms with van der Waals surface area (Å²) in [6, 6.07) is -2.75. The first-order valence-corrected chi connectivity index (χ1v) is 12.3. The van der Waals surface area contributed by atoms with Gasteiger partial charge in [-0.2, -0.15) is 0 Å². The van der Waals surface area contributed by atoms with Crippen LogP contribution in [0, 0.1) is 0 Å². The zero-order valence-corrected chi connectivity index (χ0v) is 19.4. The first kappa shape index (κ1) is 24.2. The van der Waals surface area contributed by atoms with Crippen LogP contribution in [-0.4, -0.2) is 92.4 Å². The van der Waals surface area contributed by atoms with Gasteiger partial charge in [-0.15, -0.1) is 0 Å². The summed E-state index contributed by atoms with van der Waals surface area (Å²) in [5.74, 6) is -1.88. The van der Waals surface area contributed by atoms with E-state index in [4.69, 9.17) is 0 Å². The molecule has 0 radical (unpaired) electrons. The van der Waals surface area contributed by atoms with E-state index in [1.807, 2.05) is 0 Å². The number of aliphatic carboxylic acids is 1. The lowest BCUT2D eigenvalue weighted by atomic mass is 9.97. The van der Waals surface area contributed by atoms with Gasteiger partial charge in [0.15, 0.2) is 0 Å². The number of rotatable bonds is 7. The number of hydrogen-bond acceptors (Lipinski definition) is 6. The highest BCUT2D eigenvalue weighted by Gasteiger charge is 2.40. The van der Waals surface area contributed by atoms with Gasteiger partial charge in [0.25, 0.3) is 0 Å². The summed E-state index contributed by atoms with van der Waals surface area (Å²) >= 11 is 0. The molecule has 4 heterocycles. The predicted octanol–water partition coefficient (Wildman–Crippen LogP) is 0.0358. The average Bonchev–Trinajstić information content (AvgIpc) is 3.55. The van der Waals surface area contributed by atoms with Crippen molar-refractivity contribution >= 4 is 23.7 Å². The normalized spacial score (nSPS) is 26.2. The van der Waals surface area contributed by atoms with E-state index < -0.39 is 30.0 Å². The SMILES string of the molecule is O=C(O)[C@@H]1CCCN1C(=O)[C@H](Cc1cnc[nH]1)NC(=O)[C@@H]1CCCCN1C(=O)[C@H]1CCCCN1. The fraction of sp³-hybridized carbons (Fsp3) is 0.696. The monoisotopic (exact) mass is 474 g/mol. The van der Waals surface area contributed by atoms with Crippen LogP contribution in [-0.2, 0) is 25.6 Å². The molecule has 3 saturated heterocycles. The van der Waals surface area contributed by atoms with Crippen LogP contribution in [0.4, 0.5) is 0 Å². The lowest BCUT2D eigenvalue weighted by molar-refractivity contribution is -0.150. The third kappa shape index (κ3) is 5.40. The van der Waals surface area contributed by atoms with Crippen molar-refractivity contribution in [3.8, 4) is 0 Å². The van der Waals surface area contributed by atoms with Gasteiger partial charge in [0.05, 0.1) is 12.4 Å². The summed E-state index contributed by atoms with van der Waals surface area (Å²) in [6.45, 7) is 1.65. The highest BCUT2D eigenvalue weighted by Crippen LogP contribution is 2.22. The van der Waals surface area contributed by atoms with E-state index in [0.29, 0.717) is 38.0 Å². The minimum absolute atomic E-state index is 0.0542. The summed E-state index contributed by atoms with van der Waals surface area (Å²) in [5.41, 5.74) is 0.660. The summed E-state index contributed by atoms with van der Waals surface area (Å²) in [7, 11) is 0. The molecule has 3 aliphatic rings. The molecule has 3 amide bonds. The van der Waals surface area contributed by atoms with E-state index in [9.17, 15) is 24.3 Å². The number of hydrogen-bond donors (Lipinski definition) is 4. The number of amides is 3. The van der Waals surface area contributed by atoms with Crippen LogP contribution in [0.25, 0.3) is 0 Å². The van der Waals surface area contributed by atoms with E-state index in [2.05, 4.69) is 20.6 Å². The average molecular weight is 475 g/mol. The van der Waals surface area contributed by atoms with Crippen LogP contribution in [0.3, 0.4) is 0 Å². The molecule has 3 aliphatic heterocycles. The van der Waals surface area contributed by atoms with Gasteiger partial charge in [-0.3, -0.25) is 14.4 Å². The van der Waals surface area contributed by atoms with Crippen molar-refractivity contribution < 1.29 is 24.3 Å². The summed E-state index contributed by atoms with van der Waals surface area (Å²) in [4.78, 5) is 61.6. The second-order valence-corrected chi connectivity index (χ2v) is 9.42. The van der Waals surface area contributed by atoms with E-state index in [-0.39, 0.29) is 24.3 Å². The van der Waals surface area contributed by atoms with Gasteiger partial charge in [0, 0.05) is 31.4 Å². The molecule has 4 N–H and O–H groups in total. The minimum atomic E-state index is -1.04. The Kier molecular flexibility index (Phi) is 7.81. The van der Waals surface area contributed by atoms with Gasteiger partial charge in [-0.25, -0.2) is 9.78 Å². The Labute approximate surface area is 198 Å². The topological polar surface area (TPSA) is 148 Å². The number of carboxylic acid groups (broad SMARTS) is 1. The molecular formula is C23H34N6O5. The number of aromatic nitrogens is 2. The second-order valence-electron chi connectivity index (χ2n) is 9.42. The van der Waals surface area contributed by atoms with Crippen molar-refractivity contribution in [3.63, 3.8) is 0 Å². The molecule has 4 atom stereocenters. The van der Waals surface area contributed by atoms with Crippen LogP contribution in [0.15, 0.2) is 12.5 Å². The summed E-state index contributed by atoms with van der Waals surface area (Å²) in [5, 5.41) is 15.7. The first-order chi connectivity index (χ1) is 16.5. The Balaban J connectivity index is 1.50. The van der Waals surface area contributed by atoms with Crippen LogP contribution < -0.4 is 10.6 Å². The summed E-state index contributed by atoms with van der Waals surface area (Å²) < 4.78 is 0. The zero-order chi connectivity index (χ0) is 24.1. The van der Waals surface area contributed by atoms with E-state index in [1.54, 1.807) is 11.1 Å². The van der Waals surface area contributed by atoms with Gasteiger partial charge in [-0.05, 0) is 51.5 Å². The molecule has 0 aromatic carbocycles. The Hall–Kier alpha value is -2.95. The molecule has 34 heavy (non-hydrogen) atoms. The Morgan fingerprint density at radius 3 is 2.50 bits per heavy atom. The van der Waals surface area contributed by atoms with E-state index >= 15 is 0 Å². The second kappa shape index (κ2) is 11.0. The van der Waals surface area contributed by atoms with Crippen molar-refractivity contribution in [1.29, 1.82) is 0 Å². The molecule has 186 valence electrons. The molecule has 3 fully saturated rings. The predicted molar refractivity (Wildman–Crippen MR) is 122 cm³/mol. The number of aromatic amines is 1. The van der Waals surface area contributed by atoms with Crippen molar-refractivity contribution in [1.82, 2.24) is 30.4 Å². The van der Waals surface area contributed by atoms with Crippen molar-refractivity contribution in [2.75, 3.05) is 19.6 Å². The maximum atomic E-state index is 13.4. The van der Waals surface area contributed by atoms with Crippen molar-refractivity contribution in [2.45, 2.75) is 82.0 Å². The molecule has 0 aliphatic carbocycles. The van der Waals surface area contributed by atoms with Crippen molar-refractivity contribution in [3.05, 3.63) is 18.2 Å². The molecule has 0 unspecified atom stereocenters. The zero-order valence-electron chi connectivity index (χ0n) is 19.4. The third-order valence-electron chi connectivity index (χ3n) is 7.11. The molecule has 0 spiro atoms. The number of piperidine rings is 2.